The third-order valence-corrected chi connectivity index (χ3v) is 9.66. The molecule has 0 bridgehead atoms. The first-order valence-electron chi connectivity index (χ1n) is 15.5. The molecule has 0 aliphatic carbocycles. The normalized spacial score (nSPS) is 14.7. The molecule has 236 valence electrons. The molecule has 4 heterocycles. The van der Waals surface area contributed by atoms with Gasteiger partial charge in [-0.1, -0.05) is 84.0 Å². The predicted molar refractivity (Wildman–Crippen MR) is 189 cm³/mol. The number of hydrogen-bond donors (Lipinski definition) is 0. The van der Waals surface area contributed by atoms with E-state index in [1.54, 1.807) is 32.4 Å². The fourth-order valence-electron chi connectivity index (χ4n) is 6.17. The standard InChI is InChI=1S/C38H34N4O4S/c1-6-41-20-27(17-24-11-7-22(2)8-12-24)34-28(21-41)32(26-14-9-23(3)10-15-26)33-35(39-34)40-38-42(37(33)44)36(43)31(47-38)19-25-13-16-29(45-4)30(18-25)46-5/h7-19H,6,20-21H2,1-5H3/b27-17+,31-19-. The summed E-state index contributed by atoms with van der Waals surface area (Å²) in [5, 5.41) is 0.352. The number of rotatable bonds is 6. The molecule has 7 rings (SSSR count). The largest absolute Gasteiger partial charge is 0.493 e. The Labute approximate surface area is 275 Å². The van der Waals surface area contributed by atoms with Crippen LogP contribution >= 0.6 is 11.3 Å². The van der Waals surface area contributed by atoms with Crippen LogP contribution in [-0.2, 0) is 6.54 Å². The van der Waals surface area contributed by atoms with E-state index in [0.717, 1.165) is 57.7 Å². The van der Waals surface area contributed by atoms with Crippen molar-refractivity contribution in [3.63, 3.8) is 0 Å². The van der Waals surface area contributed by atoms with Crippen molar-refractivity contribution in [2.24, 2.45) is 0 Å². The quantitative estimate of drug-likeness (QED) is 0.224. The van der Waals surface area contributed by atoms with Crippen LogP contribution in [0.25, 0.3) is 44.8 Å². The Morgan fingerprint density at radius 3 is 2.17 bits per heavy atom. The number of methoxy groups -OCH3 is 2. The molecule has 0 saturated heterocycles. The van der Waals surface area contributed by atoms with Crippen molar-refractivity contribution >= 4 is 45.1 Å². The maximum Gasteiger partial charge on any atom is 0.277 e. The van der Waals surface area contributed by atoms with Gasteiger partial charge < -0.3 is 9.47 Å². The molecule has 0 radical (unpaired) electrons. The molecule has 6 aromatic rings. The van der Waals surface area contributed by atoms with Crippen LogP contribution in [-0.4, -0.2) is 46.6 Å². The van der Waals surface area contributed by atoms with Crippen LogP contribution in [0.2, 0.25) is 0 Å². The fourth-order valence-corrected chi connectivity index (χ4v) is 7.13. The summed E-state index contributed by atoms with van der Waals surface area (Å²) in [6, 6.07) is 22.0. The molecule has 0 atom stereocenters. The van der Waals surface area contributed by atoms with Crippen LogP contribution < -0.4 is 25.1 Å². The van der Waals surface area contributed by atoms with Gasteiger partial charge in [-0.05, 0) is 66.9 Å². The number of likely N-dealkylation sites (N-methyl/N-ethyl adjacent to an activating group) is 1. The number of aromatic nitrogens is 3. The van der Waals surface area contributed by atoms with E-state index in [0.29, 0.717) is 38.6 Å². The van der Waals surface area contributed by atoms with Crippen LogP contribution in [0.15, 0.2) is 76.3 Å². The van der Waals surface area contributed by atoms with Crippen LogP contribution in [0.1, 0.15) is 40.4 Å². The Morgan fingerprint density at radius 2 is 1.49 bits per heavy atom. The van der Waals surface area contributed by atoms with E-state index >= 15 is 0 Å². The highest BCUT2D eigenvalue weighted by Crippen LogP contribution is 2.38. The molecule has 8 nitrogen and oxygen atoms in total. The lowest BCUT2D eigenvalue weighted by Crippen LogP contribution is -2.33. The number of pyridine rings is 1. The fraction of sp³-hybridized carbons (Fsp3) is 0.211. The molecule has 0 fully saturated rings. The molecule has 47 heavy (non-hydrogen) atoms. The van der Waals surface area contributed by atoms with Crippen molar-refractivity contribution in [2.75, 3.05) is 27.3 Å². The molecule has 0 saturated carbocycles. The summed E-state index contributed by atoms with van der Waals surface area (Å²) in [6.45, 7) is 8.43. The summed E-state index contributed by atoms with van der Waals surface area (Å²) in [5.41, 5.74) is 8.18. The number of hydrogen-bond acceptors (Lipinski definition) is 8. The highest BCUT2D eigenvalue weighted by atomic mass is 32.1. The third-order valence-electron chi connectivity index (χ3n) is 8.69. The first kappa shape index (κ1) is 30.5. The van der Waals surface area contributed by atoms with Gasteiger partial charge in [0.15, 0.2) is 17.1 Å². The molecule has 0 amide bonds. The van der Waals surface area contributed by atoms with Gasteiger partial charge in [0.25, 0.3) is 11.1 Å². The van der Waals surface area contributed by atoms with Crippen LogP contribution in [0, 0.1) is 13.8 Å². The second kappa shape index (κ2) is 12.2. The molecule has 3 aromatic heterocycles. The lowest BCUT2D eigenvalue weighted by molar-refractivity contribution is 0.307. The van der Waals surface area contributed by atoms with Crippen molar-refractivity contribution < 1.29 is 9.47 Å². The van der Waals surface area contributed by atoms with Gasteiger partial charge in [-0.2, -0.15) is 4.98 Å². The Balaban J connectivity index is 1.53. The molecule has 3 aromatic carbocycles. The number of benzene rings is 3. The minimum Gasteiger partial charge on any atom is -0.493 e. The number of nitrogens with zero attached hydrogens (tertiary/aromatic N) is 4. The zero-order chi connectivity index (χ0) is 32.8. The highest BCUT2D eigenvalue weighted by molar-refractivity contribution is 7.15. The summed E-state index contributed by atoms with van der Waals surface area (Å²) >= 11 is 1.17. The second-order valence-corrected chi connectivity index (χ2v) is 12.8. The smallest absolute Gasteiger partial charge is 0.277 e. The van der Waals surface area contributed by atoms with Gasteiger partial charge in [-0.3, -0.25) is 14.5 Å². The van der Waals surface area contributed by atoms with Gasteiger partial charge in [-0.15, -0.1) is 0 Å². The molecule has 1 aliphatic heterocycles. The number of ether oxygens (including phenoxy) is 2. The molecule has 0 N–H and O–H groups in total. The Hall–Kier alpha value is -5.12. The summed E-state index contributed by atoms with van der Waals surface area (Å²) in [4.78, 5) is 41.0. The van der Waals surface area contributed by atoms with Crippen molar-refractivity contribution in [1.29, 1.82) is 0 Å². The Morgan fingerprint density at radius 1 is 0.809 bits per heavy atom. The summed E-state index contributed by atoms with van der Waals surface area (Å²) in [5.74, 6) is 1.13. The van der Waals surface area contributed by atoms with Crippen molar-refractivity contribution in [1.82, 2.24) is 19.3 Å². The number of aryl methyl sites for hydroxylation is 2. The van der Waals surface area contributed by atoms with Gasteiger partial charge in [0.05, 0.1) is 29.8 Å². The molecule has 0 unspecified atom stereocenters. The zero-order valence-electron chi connectivity index (χ0n) is 27.0. The van der Waals surface area contributed by atoms with Gasteiger partial charge in [0.2, 0.25) is 4.96 Å². The maximum atomic E-state index is 14.5. The van der Waals surface area contributed by atoms with Crippen molar-refractivity contribution in [3.8, 4) is 22.6 Å². The van der Waals surface area contributed by atoms with Gasteiger partial charge in [0.1, 0.15) is 0 Å². The van der Waals surface area contributed by atoms with Crippen LogP contribution in [0.5, 0.6) is 11.5 Å². The van der Waals surface area contributed by atoms with E-state index < -0.39 is 11.1 Å². The van der Waals surface area contributed by atoms with E-state index in [-0.39, 0.29) is 0 Å². The number of thiazole rings is 1. The highest BCUT2D eigenvalue weighted by Gasteiger charge is 2.28. The second-order valence-electron chi connectivity index (χ2n) is 11.8. The Kier molecular flexibility index (Phi) is 7.95. The summed E-state index contributed by atoms with van der Waals surface area (Å²) in [7, 11) is 3.14. The molecular weight excluding hydrogens is 609 g/mol. The van der Waals surface area contributed by atoms with Gasteiger partial charge in [-0.25, -0.2) is 9.38 Å². The van der Waals surface area contributed by atoms with E-state index in [9.17, 15) is 9.59 Å². The topological polar surface area (TPSA) is 86.0 Å². The Bertz CT molecular complexity index is 2380. The van der Waals surface area contributed by atoms with Crippen LogP contribution in [0.4, 0.5) is 0 Å². The predicted octanol–water partition coefficient (Wildman–Crippen LogP) is 5.89. The maximum absolute atomic E-state index is 14.5. The lowest BCUT2D eigenvalue weighted by atomic mass is 9.89. The van der Waals surface area contributed by atoms with E-state index in [4.69, 9.17) is 19.4 Å². The first-order valence-corrected chi connectivity index (χ1v) is 16.3. The molecule has 0 spiro atoms. The van der Waals surface area contributed by atoms with E-state index in [1.807, 2.05) is 37.3 Å². The third kappa shape index (κ3) is 5.51. The zero-order valence-corrected chi connectivity index (χ0v) is 27.8. The summed E-state index contributed by atoms with van der Waals surface area (Å²) in [6.07, 6.45) is 3.93. The van der Waals surface area contributed by atoms with Crippen LogP contribution in [0.3, 0.4) is 0 Å². The molecule has 1 aliphatic rings. The van der Waals surface area contributed by atoms with Gasteiger partial charge in [0, 0.05) is 24.2 Å². The van der Waals surface area contributed by atoms with Crippen molar-refractivity contribution in [3.05, 3.63) is 125 Å². The molecule has 9 heteroatoms. The lowest BCUT2D eigenvalue weighted by Gasteiger charge is -2.31. The minimum atomic E-state index is -0.415. The van der Waals surface area contributed by atoms with E-state index in [1.165, 1.54) is 21.3 Å². The average molecular weight is 643 g/mol. The van der Waals surface area contributed by atoms with Crippen molar-refractivity contribution in [2.45, 2.75) is 27.3 Å². The monoisotopic (exact) mass is 642 g/mol. The average Bonchev–Trinajstić information content (AvgIpc) is 3.39. The number of fused-ring (bicyclic) bond motifs is 3. The summed E-state index contributed by atoms with van der Waals surface area (Å²) < 4.78 is 12.4. The van der Waals surface area contributed by atoms with E-state index in [2.05, 4.69) is 49.1 Å². The SMILES string of the molecule is CCN1C/C(=C\c2ccc(C)cc2)c2nc3nc4s/c(=C\c5ccc(OC)c(OC)c5)c(=O)n4c(=O)c3c(-c3ccc(C)cc3)c2C1. The molecular formula is C38H34N4O4S. The minimum absolute atomic E-state index is 0.302. The first-order chi connectivity index (χ1) is 22.8. The van der Waals surface area contributed by atoms with Gasteiger partial charge >= 0.3 is 0 Å².